The molecule has 0 radical (unpaired) electrons. The molecule has 2 aromatic carbocycles. The van der Waals surface area contributed by atoms with E-state index in [0.717, 1.165) is 17.5 Å². The molecule has 1 aromatic heterocycles. The minimum atomic E-state index is -0.337. The van der Waals surface area contributed by atoms with Crippen molar-refractivity contribution in [1.82, 2.24) is 15.1 Å². The summed E-state index contributed by atoms with van der Waals surface area (Å²) in [7, 11) is 1.63. The number of aromatic nitrogens is 2. The average molecular weight is 381 g/mol. The summed E-state index contributed by atoms with van der Waals surface area (Å²) in [6.07, 6.45) is 0.719. The maximum Gasteiger partial charge on any atom is 0.270 e. The van der Waals surface area contributed by atoms with Crippen LogP contribution in [-0.4, -0.2) is 35.9 Å². The fourth-order valence-corrected chi connectivity index (χ4v) is 2.87. The van der Waals surface area contributed by atoms with Crippen LogP contribution in [0.3, 0.4) is 0 Å². The summed E-state index contributed by atoms with van der Waals surface area (Å²) in [6.45, 7) is 5.17. The molecular formula is C22H24FN3O2. The molecule has 0 saturated heterocycles. The number of carbonyl (C=O) groups excluding carboxylic acids is 1. The van der Waals surface area contributed by atoms with E-state index >= 15 is 0 Å². The first-order valence-electron chi connectivity index (χ1n) is 9.20. The van der Waals surface area contributed by atoms with Gasteiger partial charge >= 0.3 is 0 Å². The van der Waals surface area contributed by atoms with Crippen molar-refractivity contribution in [2.24, 2.45) is 0 Å². The van der Waals surface area contributed by atoms with Crippen molar-refractivity contribution >= 4 is 5.91 Å². The van der Waals surface area contributed by atoms with E-state index in [0.29, 0.717) is 30.2 Å². The van der Waals surface area contributed by atoms with Gasteiger partial charge in [-0.2, -0.15) is 5.10 Å². The van der Waals surface area contributed by atoms with Crippen LogP contribution in [0.4, 0.5) is 4.39 Å². The molecule has 5 nitrogen and oxygen atoms in total. The molecule has 6 heteroatoms. The van der Waals surface area contributed by atoms with E-state index in [-0.39, 0.29) is 11.7 Å². The van der Waals surface area contributed by atoms with E-state index in [1.807, 2.05) is 25.1 Å². The second-order valence-electron chi connectivity index (χ2n) is 6.70. The Morgan fingerprint density at radius 2 is 1.86 bits per heavy atom. The van der Waals surface area contributed by atoms with Gasteiger partial charge in [-0.15, -0.1) is 0 Å². The number of hydrogen-bond acceptors (Lipinski definition) is 3. The van der Waals surface area contributed by atoms with Gasteiger partial charge < -0.3 is 10.1 Å². The topological polar surface area (TPSA) is 56.1 Å². The normalized spacial score (nSPS) is 10.9. The highest BCUT2D eigenvalue weighted by molar-refractivity contribution is 5.94. The Balaban J connectivity index is 1.98. The van der Waals surface area contributed by atoms with Gasteiger partial charge in [0.2, 0.25) is 0 Å². The van der Waals surface area contributed by atoms with E-state index in [1.54, 1.807) is 30.0 Å². The van der Waals surface area contributed by atoms with Gasteiger partial charge in [0.25, 0.3) is 5.91 Å². The van der Waals surface area contributed by atoms with Gasteiger partial charge in [-0.3, -0.25) is 4.79 Å². The summed E-state index contributed by atoms with van der Waals surface area (Å²) < 4.78 is 19.9. The van der Waals surface area contributed by atoms with Gasteiger partial charge in [0.1, 0.15) is 11.5 Å². The van der Waals surface area contributed by atoms with Crippen LogP contribution in [0.5, 0.6) is 0 Å². The molecule has 0 saturated carbocycles. The second-order valence-corrected chi connectivity index (χ2v) is 6.70. The monoisotopic (exact) mass is 381 g/mol. The number of rotatable bonds is 7. The largest absolute Gasteiger partial charge is 0.385 e. The first-order valence-corrected chi connectivity index (χ1v) is 9.20. The van der Waals surface area contributed by atoms with Crippen molar-refractivity contribution in [1.29, 1.82) is 0 Å². The Hall–Kier alpha value is -2.99. The smallest absolute Gasteiger partial charge is 0.270 e. The first-order chi connectivity index (χ1) is 13.5. The summed E-state index contributed by atoms with van der Waals surface area (Å²) >= 11 is 0. The molecule has 0 fully saturated rings. The predicted molar refractivity (Wildman–Crippen MR) is 107 cm³/mol. The minimum Gasteiger partial charge on any atom is -0.385 e. The third kappa shape index (κ3) is 4.46. The van der Waals surface area contributed by atoms with Gasteiger partial charge in [0.15, 0.2) is 0 Å². The molecule has 3 aromatic rings. The lowest BCUT2D eigenvalue weighted by Gasteiger charge is -2.08. The molecule has 0 aliphatic heterocycles. The first kappa shape index (κ1) is 19.8. The lowest BCUT2D eigenvalue weighted by atomic mass is 10.0. The molecule has 1 heterocycles. The van der Waals surface area contributed by atoms with Crippen LogP contribution in [0.15, 0.2) is 48.5 Å². The fraction of sp³-hybridized carbons (Fsp3) is 0.273. The number of halogens is 1. The molecule has 28 heavy (non-hydrogen) atoms. The molecule has 3 rings (SSSR count). The third-order valence-electron chi connectivity index (χ3n) is 4.63. The standard InChI is InChI=1S/C22H24FN3O2/c1-15-5-6-17(13-16(15)2)20-14-21(22(27)24-11-4-12-28-3)26(25-20)19-9-7-18(23)8-10-19/h5-10,13-14H,4,11-12H2,1-3H3,(H,24,27). The summed E-state index contributed by atoms with van der Waals surface area (Å²) in [6, 6.07) is 13.8. The van der Waals surface area contributed by atoms with Crippen LogP contribution >= 0.6 is 0 Å². The van der Waals surface area contributed by atoms with Crippen molar-refractivity contribution in [2.45, 2.75) is 20.3 Å². The lowest BCUT2D eigenvalue weighted by Crippen LogP contribution is -2.27. The minimum absolute atomic E-state index is 0.233. The number of benzene rings is 2. The van der Waals surface area contributed by atoms with Gasteiger partial charge in [-0.05, 0) is 67.8 Å². The third-order valence-corrected chi connectivity index (χ3v) is 4.63. The zero-order valence-electron chi connectivity index (χ0n) is 16.3. The molecule has 0 spiro atoms. The molecule has 0 aliphatic carbocycles. The van der Waals surface area contributed by atoms with Crippen LogP contribution in [0, 0.1) is 19.7 Å². The van der Waals surface area contributed by atoms with Crippen molar-refractivity contribution in [3.8, 4) is 16.9 Å². The van der Waals surface area contributed by atoms with Gasteiger partial charge in [-0.1, -0.05) is 12.1 Å². The number of methoxy groups -OCH3 is 1. The summed E-state index contributed by atoms with van der Waals surface area (Å²) in [5.74, 6) is -0.570. The van der Waals surface area contributed by atoms with E-state index in [1.165, 1.54) is 17.7 Å². The Morgan fingerprint density at radius 3 is 2.54 bits per heavy atom. The van der Waals surface area contributed by atoms with Gasteiger partial charge in [-0.25, -0.2) is 9.07 Å². The molecular weight excluding hydrogens is 357 g/mol. The van der Waals surface area contributed by atoms with Gasteiger partial charge in [0, 0.05) is 25.8 Å². The van der Waals surface area contributed by atoms with Crippen molar-refractivity contribution < 1.29 is 13.9 Å². The van der Waals surface area contributed by atoms with Crippen LogP contribution < -0.4 is 5.32 Å². The van der Waals surface area contributed by atoms with E-state index in [2.05, 4.69) is 17.3 Å². The highest BCUT2D eigenvalue weighted by atomic mass is 19.1. The number of aryl methyl sites for hydroxylation is 2. The molecule has 0 aliphatic rings. The molecule has 1 N–H and O–H groups in total. The van der Waals surface area contributed by atoms with Crippen LogP contribution in [0.2, 0.25) is 0 Å². The molecule has 1 amide bonds. The SMILES string of the molecule is COCCCNC(=O)c1cc(-c2ccc(C)c(C)c2)nn1-c1ccc(F)cc1. The van der Waals surface area contributed by atoms with Crippen molar-refractivity contribution in [3.63, 3.8) is 0 Å². The van der Waals surface area contributed by atoms with Crippen molar-refractivity contribution in [2.75, 3.05) is 20.3 Å². The number of carbonyl (C=O) groups is 1. The fourth-order valence-electron chi connectivity index (χ4n) is 2.87. The average Bonchev–Trinajstić information content (AvgIpc) is 3.13. The quantitative estimate of drug-likeness (QED) is 0.628. The Bertz CT molecular complexity index is 964. The maximum atomic E-state index is 13.3. The number of ether oxygens (including phenoxy) is 1. The number of nitrogens with zero attached hydrogens (tertiary/aromatic N) is 2. The molecule has 146 valence electrons. The van der Waals surface area contributed by atoms with Crippen LogP contribution in [-0.2, 0) is 4.74 Å². The predicted octanol–water partition coefficient (Wildman–Crippen LogP) is 4.06. The van der Waals surface area contributed by atoms with Crippen molar-refractivity contribution in [3.05, 3.63) is 71.2 Å². The van der Waals surface area contributed by atoms with E-state index in [4.69, 9.17) is 4.74 Å². The number of nitrogens with one attached hydrogen (secondary N) is 1. The molecule has 0 atom stereocenters. The molecule has 0 unspecified atom stereocenters. The number of amides is 1. The van der Waals surface area contributed by atoms with E-state index in [9.17, 15) is 9.18 Å². The summed E-state index contributed by atoms with van der Waals surface area (Å²) in [5.41, 5.74) is 4.99. The van der Waals surface area contributed by atoms with Crippen LogP contribution in [0.1, 0.15) is 28.0 Å². The second kappa shape index (κ2) is 8.80. The zero-order chi connectivity index (χ0) is 20.1. The Labute approximate surface area is 164 Å². The summed E-state index contributed by atoms with van der Waals surface area (Å²) in [5, 5.41) is 7.51. The highest BCUT2D eigenvalue weighted by Crippen LogP contribution is 2.24. The number of hydrogen-bond donors (Lipinski definition) is 1. The summed E-state index contributed by atoms with van der Waals surface area (Å²) in [4.78, 5) is 12.7. The van der Waals surface area contributed by atoms with E-state index < -0.39 is 0 Å². The lowest BCUT2D eigenvalue weighted by molar-refractivity contribution is 0.0941. The van der Waals surface area contributed by atoms with Gasteiger partial charge in [0.05, 0.1) is 11.4 Å². The van der Waals surface area contributed by atoms with Crippen LogP contribution in [0.25, 0.3) is 16.9 Å². The Morgan fingerprint density at radius 1 is 1.11 bits per heavy atom. The Kier molecular flexibility index (Phi) is 6.21. The zero-order valence-corrected chi connectivity index (χ0v) is 16.3. The molecule has 0 bridgehead atoms. The maximum absolute atomic E-state index is 13.3. The highest BCUT2D eigenvalue weighted by Gasteiger charge is 2.17.